The van der Waals surface area contributed by atoms with Crippen molar-refractivity contribution in [1.29, 1.82) is 0 Å². The summed E-state index contributed by atoms with van der Waals surface area (Å²) in [4.78, 5) is 15.9. The number of ether oxygens (including phenoxy) is 1. The highest BCUT2D eigenvalue weighted by Gasteiger charge is 2.36. The molecule has 2 aromatic heterocycles. The molecule has 2 aromatic carbocycles. The van der Waals surface area contributed by atoms with Gasteiger partial charge in [0.05, 0.1) is 36.8 Å². The van der Waals surface area contributed by atoms with Crippen LogP contribution in [0.3, 0.4) is 0 Å². The molecule has 6 rings (SSSR count). The fourth-order valence-electron chi connectivity index (χ4n) is 5.64. The maximum atomic E-state index is 13.9. The average molecular weight is 482 g/mol. The summed E-state index contributed by atoms with van der Waals surface area (Å²) >= 11 is 0. The minimum atomic E-state index is -0.285. The molecule has 36 heavy (non-hydrogen) atoms. The van der Waals surface area contributed by atoms with Crippen molar-refractivity contribution in [2.75, 3.05) is 7.11 Å². The standard InChI is InChI=1S/C29H31N5O2/c1-20-25-19-33(29(35)30-22-11-6-7-12-22)27(21-10-8-15-24(18-21)36-2)26-16-9-17-32(26)28(25)34(31-20)23-13-4-3-5-14-23/h3-5,8-10,13-18,22,27H,6-7,11-12,19H2,1-2H3,(H,30,35)/t27-/m1/s1. The second-order valence-electron chi connectivity index (χ2n) is 9.68. The molecule has 3 heterocycles. The fraction of sp³-hybridized carbons (Fsp3) is 0.310. The van der Waals surface area contributed by atoms with Crippen LogP contribution in [0.4, 0.5) is 4.79 Å². The van der Waals surface area contributed by atoms with Crippen LogP contribution < -0.4 is 10.1 Å². The van der Waals surface area contributed by atoms with Crippen molar-refractivity contribution in [2.24, 2.45) is 0 Å². The average Bonchev–Trinajstić information content (AvgIpc) is 3.64. The van der Waals surface area contributed by atoms with E-state index in [2.05, 4.69) is 40.3 Å². The lowest BCUT2D eigenvalue weighted by Gasteiger charge is -2.32. The third kappa shape index (κ3) is 3.85. The molecule has 4 aromatic rings. The number of methoxy groups -OCH3 is 1. The highest BCUT2D eigenvalue weighted by Crippen LogP contribution is 2.39. The first-order valence-electron chi connectivity index (χ1n) is 12.7. The Balaban J connectivity index is 1.53. The van der Waals surface area contributed by atoms with Gasteiger partial charge in [0.1, 0.15) is 11.6 Å². The van der Waals surface area contributed by atoms with Gasteiger partial charge in [0.25, 0.3) is 0 Å². The molecule has 0 saturated heterocycles. The molecule has 1 N–H and O–H groups in total. The summed E-state index contributed by atoms with van der Waals surface area (Å²) < 4.78 is 9.74. The van der Waals surface area contributed by atoms with E-state index in [1.54, 1.807) is 7.11 Å². The molecule has 1 fully saturated rings. The predicted octanol–water partition coefficient (Wildman–Crippen LogP) is 5.54. The second kappa shape index (κ2) is 9.22. The van der Waals surface area contributed by atoms with Gasteiger partial charge in [-0.05, 0) is 61.7 Å². The van der Waals surface area contributed by atoms with E-state index in [1.807, 2.05) is 59.0 Å². The SMILES string of the molecule is COc1cccc([C@@H]2c3cccn3-c3c(c(C)nn3-c3ccccc3)CN2C(=O)NC2CCCC2)c1. The van der Waals surface area contributed by atoms with Gasteiger partial charge in [-0.3, -0.25) is 0 Å². The fourth-order valence-corrected chi connectivity index (χ4v) is 5.64. The molecule has 0 bridgehead atoms. The lowest BCUT2D eigenvalue weighted by molar-refractivity contribution is 0.176. The van der Waals surface area contributed by atoms with Crippen molar-refractivity contribution in [3.05, 3.63) is 95.4 Å². The molecular weight excluding hydrogens is 450 g/mol. The van der Waals surface area contributed by atoms with Crippen molar-refractivity contribution in [2.45, 2.75) is 51.2 Å². The molecule has 0 unspecified atom stereocenters. The Morgan fingerprint density at radius 3 is 2.61 bits per heavy atom. The highest BCUT2D eigenvalue weighted by molar-refractivity contribution is 5.76. The number of carbonyl (C=O) groups excluding carboxylic acids is 1. The number of fused-ring (bicyclic) bond motifs is 3. The van der Waals surface area contributed by atoms with E-state index in [4.69, 9.17) is 9.84 Å². The van der Waals surface area contributed by atoms with Crippen LogP contribution in [0.25, 0.3) is 11.5 Å². The third-order valence-corrected chi connectivity index (χ3v) is 7.44. The number of aromatic nitrogens is 3. The van der Waals surface area contributed by atoms with Crippen LogP contribution >= 0.6 is 0 Å². The maximum absolute atomic E-state index is 13.9. The Morgan fingerprint density at radius 1 is 1.03 bits per heavy atom. The van der Waals surface area contributed by atoms with Crippen LogP contribution in [0.5, 0.6) is 5.75 Å². The summed E-state index contributed by atoms with van der Waals surface area (Å²) in [5.41, 5.74) is 4.98. The van der Waals surface area contributed by atoms with Crippen LogP contribution in [0.2, 0.25) is 0 Å². The molecule has 1 aliphatic heterocycles. The zero-order valence-electron chi connectivity index (χ0n) is 20.7. The molecule has 7 nitrogen and oxygen atoms in total. The summed E-state index contributed by atoms with van der Waals surface area (Å²) in [5, 5.41) is 8.26. The van der Waals surface area contributed by atoms with E-state index in [-0.39, 0.29) is 18.1 Å². The van der Waals surface area contributed by atoms with Gasteiger partial charge in [0.2, 0.25) is 0 Å². The van der Waals surface area contributed by atoms with Crippen molar-refractivity contribution in [1.82, 2.24) is 24.6 Å². The van der Waals surface area contributed by atoms with Gasteiger partial charge in [0.15, 0.2) is 0 Å². The number of rotatable bonds is 4. The zero-order chi connectivity index (χ0) is 24.6. The summed E-state index contributed by atoms with van der Waals surface area (Å²) in [6, 6.07) is 22.3. The number of hydrogen-bond acceptors (Lipinski definition) is 3. The quantitative estimate of drug-likeness (QED) is 0.416. The molecule has 2 aliphatic rings. The number of nitrogens with zero attached hydrogens (tertiary/aromatic N) is 4. The van der Waals surface area contributed by atoms with Gasteiger partial charge in [-0.15, -0.1) is 0 Å². The van der Waals surface area contributed by atoms with E-state index >= 15 is 0 Å². The van der Waals surface area contributed by atoms with Crippen LogP contribution in [0, 0.1) is 6.92 Å². The number of hydrogen-bond donors (Lipinski definition) is 1. The van der Waals surface area contributed by atoms with Crippen LogP contribution in [-0.2, 0) is 6.54 Å². The first-order chi connectivity index (χ1) is 17.6. The third-order valence-electron chi connectivity index (χ3n) is 7.44. The Bertz CT molecular complexity index is 1380. The summed E-state index contributed by atoms with van der Waals surface area (Å²) in [5.74, 6) is 1.75. The zero-order valence-corrected chi connectivity index (χ0v) is 20.7. The molecule has 0 radical (unpaired) electrons. The number of benzene rings is 2. The molecule has 184 valence electrons. The van der Waals surface area contributed by atoms with Gasteiger partial charge < -0.3 is 19.5 Å². The van der Waals surface area contributed by atoms with Gasteiger partial charge in [-0.25, -0.2) is 9.48 Å². The number of para-hydroxylation sites is 1. The second-order valence-corrected chi connectivity index (χ2v) is 9.68. The van der Waals surface area contributed by atoms with E-state index in [0.717, 1.165) is 52.6 Å². The molecular formula is C29H31N5O2. The molecule has 1 aliphatic carbocycles. The van der Waals surface area contributed by atoms with E-state index in [0.29, 0.717) is 6.54 Å². The van der Waals surface area contributed by atoms with Gasteiger partial charge >= 0.3 is 6.03 Å². The first-order valence-corrected chi connectivity index (χ1v) is 12.7. The van der Waals surface area contributed by atoms with Crippen LogP contribution in [-0.4, -0.2) is 38.4 Å². The summed E-state index contributed by atoms with van der Waals surface area (Å²) in [6.07, 6.45) is 6.48. The monoisotopic (exact) mass is 481 g/mol. The number of carbonyl (C=O) groups is 1. The van der Waals surface area contributed by atoms with Crippen LogP contribution in [0.15, 0.2) is 72.9 Å². The highest BCUT2D eigenvalue weighted by atomic mass is 16.5. The number of amides is 2. The van der Waals surface area contributed by atoms with Crippen molar-refractivity contribution in [3.8, 4) is 17.3 Å². The number of nitrogens with one attached hydrogen (secondary N) is 1. The maximum Gasteiger partial charge on any atom is 0.318 e. The molecule has 1 saturated carbocycles. The van der Waals surface area contributed by atoms with Crippen molar-refractivity contribution in [3.63, 3.8) is 0 Å². The molecule has 0 spiro atoms. The summed E-state index contributed by atoms with van der Waals surface area (Å²) in [7, 11) is 1.67. The smallest absolute Gasteiger partial charge is 0.318 e. The van der Waals surface area contributed by atoms with Crippen molar-refractivity contribution < 1.29 is 9.53 Å². The Labute approximate surface area is 211 Å². The minimum absolute atomic E-state index is 0.0396. The Hall–Kier alpha value is -4.00. The molecule has 2 amide bonds. The summed E-state index contributed by atoms with van der Waals surface area (Å²) in [6.45, 7) is 2.48. The van der Waals surface area contributed by atoms with E-state index in [1.165, 1.54) is 12.8 Å². The number of aryl methyl sites for hydroxylation is 1. The Morgan fingerprint density at radius 2 is 1.83 bits per heavy atom. The lowest BCUT2D eigenvalue weighted by Crippen LogP contribution is -2.45. The van der Waals surface area contributed by atoms with Gasteiger partial charge in [-0.1, -0.05) is 43.2 Å². The molecule has 1 atom stereocenters. The number of urea groups is 1. The Kier molecular flexibility index (Phi) is 5.76. The van der Waals surface area contributed by atoms with Gasteiger partial charge in [-0.2, -0.15) is 5.10 Å². The minimum Gasteiger partial charge on any atom is -0.497 e. The van der Waals surface area contributed by atoms with Crippen LogP contribution in [0.1, 0.15) is 54.2 Å². The van der Waals surface area contributed by atoms with E-state index in [9.17, 15) is 4.79 Å². The van der Waals surface area contributed by atoms with Gasteiger partial charge in [0, 0.05) is 17.8 Å². The van der Waals surface area contributed by atoms with E-state index < -0.39 is 0 Å². The lowest BCUT2D eigenvalue weighted by atomic mass is 10.0. The van der Waals surface area contributed by atoms with Crippen molar-refractivity contribution >= 4 is 6.03 Å². The predicted molar refractivity (Wildman–Crippen MR) is 139 cm³/mol. The first kappa shape index (κ1) is 22.5. The normalized spacial score (nSPS) is 17.4. The largest absolute Gasteiger partial charge is 0.497 e. The topological polar surface area (TPSA) is 64.3 Å². The molecule has 7 heteroatoms.